The second-order valence-corrected chi connectivity index (χ2v) is 13.7. The molecule has 5 aliphatic heterocycles. The summed E-state index contributed by atoms with van der Waals surface area (Å²) in [6, 6.07) is 34.4. The van der Waals surface area contributed by atoms with E-state index in [4.69, 9.17) is 20.0 Å². The van der Waals surface area contributed by atoms with Gasteiger partial charge in [0, 0.05) is 22.3 Å². The first-order valence-corrected chi connectivity index (χ1v) is 17.7. The predicted molar refractivity (Wildman–Crippen MR) is 219 cm³/mol. The molecule has 0 saturated carbocycles. The highest BCUT2D eigenvalue weighted by Gasteiger charge is 2.34. The van der Waals surface area contributed by atoms with Crippen LogP contribution in [0.15, 0.2) is 188 Å². The van der Waals surface area contributed by atoms with Crippen LogP contribution in [0.2, 0.25) is 0 Å². The normalized spacial score (nSPS) is 17.5. The molecule has 5 heterocycles. The third-order valence-corrected chi connectivity index (χ3v) is 10.2. The summed E-state index contributed by atoms with van der Waals surface area (Å²) in [4.78, 5) is 21.2. The molecule has 4 aromatic rings. The zero-order valence-electron chi connectivity index (χ0n) is 29.6. The SMILES string of the molecule is Cc1ccccc1C1=CC2=CC3=NC(=CC4=NC(=CC5=NC(=C(c6ccccc6C)C1=N2)C(c1ccccc1C)=C5c1ccccc1C)C=C4)C=C3. The number of aryl methyl sites for hydroxylation is 4. The van der Waals surface area contributed by atoms with Crippen LogP contribution < -0.4 is 0 Å². The largest absolute Gasteiger partial charge is 0.249 e. The van der Waals surface area contributed by atoms with Gasteiger partial charge in [0.15, 0.2) is 0 Å². The lowest BCUT2D eigenvalue weighted by atomic mass is 9.83. The maximum absolute atomic E-state index is 5.70. The Bertz CT molecular complexity index is 2630. The molecule has 0 amide bonds. The lowest BCUT2D eigenvalue weighted by Crippen LogP contribution is -2.09. The van der Waals surface area contributed by atoms with Crippen molar-refractivity contribution < 1.29 is 0 Å². The molecule has 5 aliphatic rings. The van der Waals surface area contributed by atoms with Gasteiger partial charge < -0.3 is 0 Å². The molecule has 0 spiro atoms. The molecule has 4 aromatic carbocycles. The van der Waals surface area contributed by atoms with E-state index in [1.54, 1.807) is 0 Å². The Morgan fingerprint density at radius 1 is 0.365 bits per heavy atom. The van der Waals surface area contributed by atoms with Gasteiger partial charge in [0.1, 0.15) is 0 Å². The molecule has 0 aromatic heterocycles. The van der Waals surface area contributed by atoms with Crippen molar-refractivity contribution in [3.8, 4) is 0 Å². The predicted octanol–water partition coefficient (Wildman–Crippen LogP) is 10.9. The minimum absolute atomic E-state index is 0.846. The Labute approximate surface area is 304 Å². The molecule has 0 atom stereocenters. The summed E-state index contributed by atoms with van der Waals surface area (Å²) in [5.41, 5.74) is 20.4. The maximum atomic E-state index is 5.70. The van der Waals surface area contributed by atoms with Crippen molar-refractivity contribution in [3.05, 3.63) is 213 Å². The lowest BCUT2D eigenvalue weighted by molar-refractivity contribution is 1.36. The van der Waals surface area contributed by atoms with Gasteiger partial charge in [-0.2, -0.15) is 0 Å². The Kier molecular flexibility index (Phi) is 7.66. The van der Waals surface area contributed by atoms with E-state index in [0.29, 0.717) is 0 Å². The molecule has 9 rings (SSSR count). The lowest BCUT2D eigenvalue weighted by Gasteiger charge is -2.20. The van der Waals surface area contributed by atoms with E-state index in [1.807, 2.05) is 24.3 Å². The fraction of sp³-hybridized carbons (Fsp3) is 0.0833. The summed E-state index contributed by atoms with van der Waals surface area (Å²) in [5.74, 6) is 0. The Morgan fingerprint density at radius 2 is 0.827 bits per heavy atom. The van der Waals surface area contributed by atoms with Crippen LogP contribution in [0.25, 0.3) is 22.3 Å². The molecule has 4 heteroatoms. The first kappa shape index (κ1) is 31.5. The number of rotatable bonds is 4. The van der Waals surface area contributed by atoms with Crippen LogP contribution in [0.1, 0.15) is 44.5 Å². The standard InChI is InChI=1S/C48H36N4/c1-29-13-5-9-17-38(29)42-27-37-26-35-22-21-33(49-35)25-34-23-24-36(50-34)28-43-44(39-18-10-6-14-30(39)2)45(40-19-11-7-15-31(40)3)48(52-43)46(47(42)51-37)41-20-12-8-16-32(41)4/h5-28H,1-4H3. The van der Waals surface area contributed by atoms with Gasteiger partial charge in [0.2, 0.25) is 0 Å². The van der Waals surface area contributed by atoms with Crippen molar-refractivity contribution in [2.24, 2.45) is 20.0 Å². The number of nitrogens with zero attached hydrogens (tertiary/aromatic N) is 4. The Morgan fingerprint density at radius 3 is 1.38 bits per heavy atom. The van der Waals surface area contributed by atoms with E-state index < -0.39 is 0 Å². The minimum Gasteiger partial charge on any atom is -0.249 e. The molecular formula is C48H36N4. The van der Waals surface area contributed by atoms with Gasteiger partial charge in [0.25, 0.3) is 0 Å². The smallest absolute Gasteiger partial charge is 0.0823 e. The Balaban J connectivity index is 1.47. The van der Waals surface area contributed by atoms with Crippen LogP contribution in [0.3, 0.4) is 0 Å². The fourth-order valence-electron chi connectivity index (χ4n) is 7.56. The molecule has 0 fully saturated rings. The molecule has 0 N–H and O–H groups in total. The van der Waals surface area contributed by atoms with Crippen molar-refractivity contribution in [2.45, 2.75) is 27.7 Å². The third kappa shape index (κ3) is 5.50. The van der Waals surface area contributed by atoms with E-state index in [-0.39, 0.29) is 0 Å². The summed E-state index contributed by atoms with van der Waals surface area (Å²) in [6.45, 7) is 8.72. The first-order valence-electron chi connectivity index (χ1n) is 17.7. The van der Waals surface area contributed by atoms with Crippen molar-refractivity contribution in [1.82, 2.24) is 0 Å². The number of fused-ring (bicyclic) bond motifs is 4. The van der Waals surface area contributed by atoms with Gasteiger partial charge in [-0.3, -0.25) is 0 Å². The van der Waals surface area contributed by atoms with Gasteiger partial charge in [-0.05, 0) is 121 Å². The third-order valence-electron chi connectivity index (χ3n) is 10.2. The van der Waals surface area contributed by atoms with Gasteiger partial charge in [0.05, 0.1) is 45.6 Å². The average molecular weight is 669 g/mol. The van der Waals surface area contributed by atoms with Crippen molar-refractivity contribution in [3.63, 3.8) is 0 Å². The van der Waals surface area contributed by atoms with Crippen LogP contribution in [0, 0.1) is 27.7 Å². The molecule has 4 nitrogen and oxygen atoms in total. The van der Waals surface area contributed by atoms with E-state index in [2.05, 4.69) is 149 Å². The molecule has 52 heavy (non-hydrogen) atoms. The summed E-state index contributed by atoms with van der Waals surface area (Å²) in [6.07, 6.45) is 16.6. The second-order valence-electron chi connectivity index (χ2n) is 13.7. The van der Waals surface area contributed by atoms with Crippen LogP contribution in [-0.2, 0) is 0 Å². The van der Waals surface area contributed by atoms with Crippen molar-refractivity contribution >= 4 is 45.1 Å². The monoisotopic (exact) mass is 668 g/mol. The van der Waals surface area contributed by atoms with Crippen LogP contribution in [0.4, 0.5) is 0 Å². The van der Waals surface area contributed by atoms with Gasteiger partial charge in [-0.1, -0.05) is 97.1 Å². The number of hydrogen-bond donors (Lipinski definition) is 0. The fourth-order valence-corrected chi connectivity index (χ4v) is 7.56. The molecule has 0 radical (unpaired) electrons. The van der Waals surface area contributed by atoms with Crippen LogP contribution in [0.5, 0.6) is 0 Å². The summed E-state index contributed by atoms with van der Waals surface area (Å²) in [5, 5.41) is 0. The topological polar surface area (TPSA) is 49.4 Å². The average Bonchev–Trinajstić information content (AvgIpc) is 3.95. The highest BCUT2D eigenvalue weighted by molar-refractivity contribution is 6.50. The summed E-state index contributed by atoms with van der Waals surface area (Å²) >= 11 is 0. The number of hydrogen-bond acceptors (Lipinski definition) is 4. The van der Waals surface area contributed by atoms with Crippen LogP contribution >= 0.6 is 0 Å². The molecule has 248 valence electrons. The van der Waals surface area contributed by atoms with Gasteiger partial charge >= 0.3 is 0 Å². The van der Waals surface area contributed by atoms with E-state index in [9.17, 15) is 0 Å². The number of benzene rings is 4. The van der Waals surface area contributed by atoms with E-state index in [0.717, 1.165) is 95.7 Å². The maximum Gasteiger partial charge on any atom is 0.0823 e. The van der Waals surface area contributed by atoms with Gasteiger partial charge in [-0.25, -0.2) is 20.0 Å². The van der Waals surface area contributed by atoms with Crippen LogP contribution in [-0.4, -0.2) is 22.8 Å². The molecule has 0 saturated heterocycles. The van der Waals surface area contributed by atoms with Crippen molar-refractivity contribution in [2.75, 3.05) is 0 Å². The van der Waals surface area contributed by atoms with E-state index >= 15 is 0 Å². The first-order chi connectivity index (χ1) is 25.4. The molecule has 8 bridgehead atoms. The molecule has 0 aliphatic carbocycles. The number of allylic oxidation sites excluding steroid dienone is 12. The quantitative estimate of drug-likeness (QED) is 0.208. The second kappa shape index (κ2) is 12.7. The highest BCUT2D eigenvalue weighted by atomic mass is 14.9. The van der Waals surface area contributed by atoms with Gasteiger partial charge in [-0.15, -0.1) is 0 Å². The summed E-state index contributed by atoms with van der Waals surface area (Å²) in [7, 11) is 0. The Hall–Kier alpha value is -6.52. The summed E-state index contributed by atoms with van der Waals surface area (Å²) < 4.78 is 0. The van der Waals surface area contributed by atoms with E-state index in [1.165, 1.54) is 16.7 Å². The zero-order valence-corrected chi connectivity index (χ0v) is 29.6. The molecule has 0 unspecified atom stereocenters. The zero-order chi connectivity index (χ0) is 35.3. The highest BCUT2D eigenvalue weighted by Crippen LogP contribution is 2.47. The van der Waals surface area contributed by atoms with Crippen molar-refractivity contribution in [1.29, 1.82) is 0 Å². The molecular weight excluding hydrogens is 633 g/mol. The number of aliphatic imine (C=N–C) groups is 4. The minimum atomic E-state index is 0.846.